The van der Waals surface area contributed by atoms with Crippen molar-refractivity contribution in [1.82, 2.24) is 26.6 Å². The van der Waals surface area contributed by atoms with E-state index in [1.807, 2.05) is 11.8 Å². The van der Waals surface area contributed by atoms with E-state index in [-0.39, 0.29) is 47.3 Å². The Labute approximate surface area is 362 Å². The molecule has 9 nitrogen and oxygen atoms in total. The number of allylic oxidation sites excluding steroid dienone is 1. The van der Waals surface area contributed by atoms with Gasteiger partial charge in [0.05, 0.1) is 12.1 Å². The average molecular weight is 838 g/mol. The lowest BCUT2D eigenvalue weighted by Crippen LogP contribution is -2.52. The van der Waals surface area contributed by atoms with E-state index in [1.54, 1.807) is 5.57 Å². The second-order valence-corrected chi connectivity index (χ2v) is 21.8. The highest BCUT2D eigenvalue weighted by atomic mass is 32.2. The van der Waals surface area contributed by atoms with Crippen LogP contribution in [0.1, 0.15) is 188 Å². The van der Waals surface area contributed by atoms with Crippen LogP contribution < -0.4 is 26.6 Å². The molecule has 0 spiro atoms. The van der Waals surface area contributed by atoms with Crippen molar-refractivity contribution in [2.75, 3.05) is 18.8 Å². The van der Waals surface area contributed by atoms with Crippen molar-refractivity contribution >= 4 is 35.5 Å². The Kier molecular flexibility index (Phi) is 17.4. The van der Waals surface area contributed by atoms with E-state index in [2.05, 4.69) is 60.4 Å². The summed E-state index contributed by atoms with van der Waals surface area (Å²) in [6.45, 7) is 11.2. The number of amides is 5. The van der Waals surface area contributed by atoms with E-state index in [0.717, 1.165) is 86.7 Å². The first-order valence-electron chi connectivity index (χ1n) is 24.7. The van der Waals surface area contributed by atoms with Crippen molar-refractivity contribution in [3.8, 4) is 0 Å². The lowest BCUT2D eigenvalue weighted by atomic mass is 9.47. The Morgan fingerprint density at radius 1 is 0.797 bits per heavy atom. The third-order valence-corrected chi connectivity index (χ3v) is 18.2. The fourth-order valence-electron chi connectivity index (χ4n) is 13.3. The van der Waals surface area contributed by atoms with Crippen molar-refractivity contribution in [2.24, 2.45) is 40.4 Å². The fraction of sp³-hybridized carbons (Fsp3) is 0.878. The van der Waals surface area contributed by atoms with E-state index in [0.29, 0.717) is 43.0 Å². The molecule has 2 aliphatic heterocycles. The van der Waals surface area contributed by atoms with E-state index >= 15 is 0 Å². The van der Waals surface area contributed by atoms with Gasteiger partial charge in [-0.15, -0.1) is 0 Å². The van der Waals surface area contributed by atoms with Crippen molar-refractivity contribution in [2.45, 2.75) is 212 Å². The summed E-state index contributed by atoms with van der Waals surface area (Å²) in [5, 5.41) is 15.8. The zero-order chi connectivity index (χ0) is 41.8. The minimum Gasteiger partial charge on any atom is -0.356 e. The molecule has 3 saturated carbocycles. The van der Waals surface area contributed by atoms with Crippen molar-refractivity contribution in [1.29, 1.82) is 0 Å². The molecule has 11 atom stereocenters. The highest BCUT2D eigenvalue weighted by Gasteiger charge is 2.59. The molecule has 4 aliphatic carbocycles. The number of hydrogen-bond acceptors (Lipinski definition) is 5. The topological polar surface area (TPSA) is 128 Å². The molecule has 59 heavy (non-hydrogen) atoms. The summed E-state index contributed by atoms with van der Waals surface area (Å²) in [5.74, 6) is 5.34. The van der Waals surface area contributed by atoms with Crippen molar-refractivity contribution in [3.63, 3.8) is 0 Å². The highest BCUT2D eigenvalue weighted by Crippen LogP contribution is 2.67. The van der Waals surface area contributed by atoms with Crippen LogP contribution in [0.2, 0.25) is 0 Å². The van der Waals surface area contributed by atoms with Crippen molar-refractivity contribution < 1.29 is 19.2 Å². The van der Waals surface area contributed by atoms with Crippen LogP contribution in [0.15, 0.2) is 11.6 Å². The quantitative estimate of drug-likeness (QED) is 0.0376. The molecule has 6 rings (SSSR count). The summed E-state index contributed by atoms with van der Waals surface area (Å²) in [4.78, 5) is 49.3. The van der Waals surface area contributed by atoms with Crippen LogP contribution in [0.4, 0.5) is 4.79 Å². The van der Waals surface area contributed by atoms with E-state index in [1.165, 1.54) is 89.9 Å². The summed E-state index contributed by atoms with van der Waals surface area (Å²) < 4.78 is 0. The highest BCUT2D eigenvalue weighted by molar-refractivity contribution is 8.00. The molecule has 2 saturated heterocycles. The van der Waals surface area contributed by atoms with Crippen LogP contribution in [0, 0.1) is 40.4 Å². The molecule has 5 amide bonds. The van der Waals surface area contributed by atoms with Gasteiger partial charge in [-0.1, -0.05) is 104 Å². The summed E-state index contributed by atoms with van der Waals surface area (Å²) in [7, 11) is 0. The number of thioether (sulfide) groups is 1. The van der Waals surface area contributed by atoms with Crippen LogP contribution in [-0.2, 0) is 14.4 Å². The van der Waals surface area contributed by atoms with Gasteiger partial charge in [-0.3, -0.25) is 14.4 Å². The molecule has 0 aromatic rings. The van der Waals surface area contributed by atoms with Gasteiger partial charge in [-0.05, 0) is 117 Å². The largest absolute Gasteiger partial charge is 0.356 e. The van der Waals surface area contributed by atoms with Gasteiger partial charge < -0.3 is 26.6 Å². The van der Waals surface area contributed by atoms with Crippen LogP contribution in [0.25, 0.3) is 0 Å². The Morgan fingerprint density at radius 2 is 1.53 bits per heavy atom. The van der Waals surface area contributed by atoms with Crippen LogP contribution in [0.5, 0.6) is 0 Å². The molecule has 4 unspecified atom stereocenters. The third-order valence-electron chi connectivity index (χ3n) is 16.6. The summed E-state index contributed by atoms with van der Waals surface area (Å²) in [6.07, 6.45) is 30.7. The molecule has 2 heterocycles. The maximum Gasteiger partial charge on any atom is 0.315 e. The van der Waals surface area contributed by atoms with Gasteiger partial charge in [0.15, 0.2) is 0 Å². The lowest BCUT2D eigenvalue weighted by Gasteiger charge is -2.58. The number of nitrogens with one attached hydrogen (secondary N) is 5. The van der Waals surface area contributed by atoms with E-state index < -0.39 is 0 Å². The number of carbonyl (C=O) groups is 4. The maximum atomic E-state index is 13.0. The number of rotatable bonds is 24. The predicted octanol–water partition coefficient (Wildman–Crippen LogP) is 9.74. The van der Waals surface area contributed by atoms with Gasteiger partial charge in [0.2, 0.25) is 17.7 Å². The van der Waals surface area contributed by atoms with Crippen LogP contribution in [-0.4, -0.2) is 66.0 Å². The van der Waals surface area contributed by atoms with Crippen LogP contribution in [0.3, 0.4) is 0 Å². The molecule has 334 valence electrons. The van der Waals surface area contributed by atoms with Gasteiger partial charge in [0.25, 0.3) is 0 Å². The van der Waals surface area contributed by atoms with Crippen molar-refractivity contribution in [3.05, 3.63) is 11.6 Å². The molecule has 6 aliphatic rings. The minimum absolute atomic E-state index is 0.00308. The standard InChI is InChI=1S/C49H83N5O4S/c1-5-6-7-8-9-10-12-17-34(2)38-23-24-39-37-22-21-35-32-36(25-28-48(35,3)40(37)26-29-49(38,39)4)52-45(57)27-31-51-44(56)19-13-11-16-30-50-43(55)20-15-14-18-42-46-41(33-59-42)53-47(58)54-46/h21,34,36-42,46H,5-20,22-33H2,1-4H3,(H,50,55)(H,51,56)(H,52,57)(H2,53,54,58)/t34-,36+,37+,38?,39+,40?,41+,42+,46+,48?,49?/m1/s1. The van der Waals surface area contributed by atoms with Gasteiger partial charge in [0.1, 0.15) is 0 Å². The molecule has 0 bridgehead atoms. The molecule has 0 aromatic carbocycles. The second kappa shape index (κ2) is 22.2. The first kappa shape index (κ1) is 46.3. The zero-order valence-corrected chi connectivity index (χ0v) is 38.4. The smallest absolute Gasteiger partial charge is 0.315 e. The molecular weight excluding hydrogens is 755 g/mol. The first-order valence-corrected chi connectivity index (χ1v) is 25.8. The fourth-order valence-corrected chi connectivity index (χ4v) is 14.8. The lowest BCUT2D eigenvalue weighted by molar-refractivity contribution is -0.123. The number of unbranched alkanes of at least 4 members (excludes halogenated alkanes) is 9. The second-order valence-electron chi connectivity index (χ2n) is 20.5. The Hall–Kier alpha value is -2.23. The summed E-state index contributed by atoms with van der Waals surface area (Å²) in [5.41, 5.74) is 2.40. The Balaban J connectivity index is 0.800. The summed E-state index contributed by atoms with van der Waals surface area (Å²) >= 11 is 1.91. The van der Waals surface area contributed by atoms with Gasteiger partial charge in [0, 0.05) is 49.4 Å². The predicted molar refractivity (Wildman–Crippen MR) is 242 cm³/mol. The number of carbonyl (C=O) groups excluding carboxylic acids is 4. The molecule has 0 radical (unpaired) electrons. The van der Waals surface area contributed by atoms with E-state index in [9.17, 15) is 19.2 Å². The number of urea groups is 1. The molecule has 10 heteroatoms. The minimum atomic E-state index is -0.0532. The Bertz CT molecular complexity index is 1440. The first-order chi connectivity index (χ1) is 28.5. The monoisotopic (exact) mass is 838 g/mol. The normalized spacial score (nSPS) is 33.7. The van der Waals surface area contributed by atoms with Gasteiger partial charge >= 0.3 is 6.03 Å². The van der Waals surface area contributed by atoms with Gasteiger partial charge in [-0.2, -0.15) is 11.8 Å². The SMILES string of the molecule is CCCCCCCCC[C@@H](C)C1CC[C@H]2[C@@H]3CC=C4C[C@@H](NC(=O)CCNC(=O)CCCCCNC(=O)CCCC[C@@H]5SC[C@@H]6NC(=O)N[C@@H]65)CCC4(C)C3CCC12C. The maximum absolute atomic E-state index is 13.0. The van der Waals surface area contributed by atoms with Crippen LogP contribution >= 0.6 is 11.8 Å². The summed E-state index contributed by atoms with van der Waals surface area (Å²) in [6, 6.07) is 0.619. The average Bonchev–Trinajstić information content (AvgIpc) is 3.89. The molecule has 5 N–H and O–H groups in total. The Morgan fingerprint density at radius 3 is 2.32 bits per heavy atom. The third kappa shape index (κ3) is 12.0. The van der Waals surface area contributed by atoms with Gasteiger partial charge in [-0.25, -0.2) is 4.79 Å². The number of hydrogen-bond donors (Lipinski definition) is 5. The van der Waals surface area contributed by atoms with E-state index in [4.69, 9.17) is 0 Å². The molecular formula is C49H83N5O4S. The molecule has 5 fully saturated rings. The number of fused-ring (bicyclic) bond motifs is 6. The molecule has 0 aromatic heterocycles. The zero-order valence-electron chi connectivity index (χ0n) is 37.6.